The van der Waals surface area contributed by atoms with Gasteiger partial charge in [0.1, 0.15) is 0 Å². The quantitative estimate of drug-likeness (QED) is 0.144. The highest BCUT2D eigenvalue weighted by Crippen LogP contribution is 2.77. The number of allylic oxidation sites excluding steroid dienone is 2. The van der Waals surface area contributed by atoms with Gasteiger partial charge in [0.05, 0.1) is 16.7 Å². The molecule has 1 amide bonds. The lowest BCUT2D eigenvalue weighted by molar-refractivity contribution is -0.227. The third-order valence-electron chi connectivity index (χ3n) is 15.9. The van der Waals surface area contributed by atoms with Crippen molar-refractivity contribution in [1.29, 1.82) is 0 Å². The van der Waals surface area contributed by atoms with Crippen molar-refractivity contribution in [3.05, 3.63) is 41.5 Å². The molecular formula is C41H62N2O6S. The van der Waals surface area contributed by atoms with Crippen molar-refractivity contribution in [2.75, 3.05) is 25.4 Å². The predicted molar refractivity (Wildman–Crippen MR) is 198 cm³/mol. The van der Waals surface area contributed by atoms with Gasteiger partial charge in [0.15, 0.2) is 0 Å². The van der Waals surface area contributed by atoms with Crippen LogP contribution < -0.4 is 10.6 Å². The molecule has 4 N–H and O–H groups in total. The number of benzene rings is 1. The van der Waals surface area contributed by atoms with Gasteiger partial charge < -0.3 is 15.7 Å². The van der Waals surface area contributed by atoms with Crippen molar-refractivity contribution in [2.24, 2.45) is 62.6 Å². The summed E-state index contributed by atoms with van der Waals surface area (Å²) in [6.45, 7) is 18.5. The molecule has 50 heavy (non-hydrogen) atoms. The molecule has 0 saturated heterocycles. The SMILES string of the molecule is CC(C)[C@@H]1CC[C@]2(C(=O)NCCNCCS(=O)(=O)O)CC[C@]3(C)[C@H](CC[C@@H]4[C@@]5(C)CC=C(c6ccc(C(=O)O)cc6)C(C)(C)[C@@H]5CC[C@]43C)[C@@H]12. The molecule has 0 heterocycles. The Hall–Kier alpha value is -2.23. The van der Waals surface area contributed by atoms with Crippen molar-refractivity contribution in [1.82, 2.24) is 10.6 Å². The minimum Gasteiger partial charge on any atom is -0.478 e. The summed E-state index contributed by atoms with van der Waals surface area (Å²) in [4.78, 5) is 25.8. The number of carbonyl (C=O) groups is 2. The van der Waals surface area contributed by atoms with Crippen LogP contribution in [0.5, 0.6) is 0 Å². The van der Waals surface area contributed by atoms with E-state index in [9.17, 15) is 23.1 Å². The van der Waals surface area contributed by atoms with Crippen molar-refractivity contribution in [3.8, 4) is 0 Å². The molecular weight excluding hydrogens is 649 g/mol. The number of rotatable bonds is 10. The first-order chi connectivity index (χ1) is 23.3. The van der Waals surface area contributed by atoms with Crippen LogP contribution in [0.2, 0.25) is 0 Å². The predicted octanol–water partition coefficient (Wildman–Crippen LogP) is 7.71. The second-order valence-corrected chi connectivity index (χ2v) is 20.1. The fourth-order valence-corrected chi connectivity index (χ4v) is 13.8. The summed E-state index contributed by atoms with van der Waals surface area (Å²) in [6, 6.07) is 7.47. The van der Waals surface area contributed by atoms with Gasteiger partial charge in [-0.3, -0.25) is 9.35 Å². The number of carboxylic acids is 1. The maximum Gasteiger partial charge on any atom is 0.335 e. The van der Waals surface area contributed by atoms with Gasteiger partial charge in [0.2, 0.25) is 5.91 Å². The van der Waals surface area contributed by atoms with Crippen LogP contribution in [-0.2, 0) is 14.9 Å². The van der Waals surface area contributed by atoms with Crippen molar-refractivity contribution in [3.63, 3.8) is 0 Å². The van der Waals surface area contributed by atoms with Gasteiger partial charge in [-0.1, -0.05) is 66.7 Å². The molecule has 278 valence electrons. The summed E-state index contributed by atoms with van der Waals surface area (Å²) in [7, 11) is -4.01. The van der Waals surface area contributed by atoms with E-state index in [4.69, 9.17) is 4.55 Å². The molecule has 9 atom stereocenters. The fourth-order valence-electron chi connectivity index (χ4n) is 13.4. The molecule has 0 aliphatic heterocycles. The van der Waals surface area contributed by atoms with E-state index < -0.39 is 16.1 Å². The van der Waals surface area contributed by atoms with Crippen LogP contribution in [0.4, 0.5) is 0 Å². The number of nitrogens with one attached hydrogen (secondary N) is 2. The monoisotopic (exact) mass is 710 g/mol. The molecule has 9 heteroatoms. The molecule has 0 unspecified atom stereocenters. The Labute approximate surface area is 300 Å². The molecule has 0 aromatic heterocycles. The normalized spacial score (nSPS) is 39.1. The van der Waals surface area contributed by atoms with Crippen LogP contribution in [0.3, 0.4) is 0 Å². The molecule has 4 saturated carbocycles. The molecule has 1 aromatic carbocycles. The summed E-state index contributed by atoms with van der Waals surface area (Å²) < 4.78 is 31.2. The zero-order valence-electron chi connectivity index (χ0n) is 31.5. The first-order valence-corrected chi connectivity index (χ1v) is 20.9. The van der Waals surface area contributed by atoms with E-state index in [0.29, 0.717) is 54.2 Å². The molecule has 4 fully saturated rings. The lowest BCUT2D eigenvalue weighted by atomic mass is 9.32. The van der Waals surface area contributed by atoms with E-state index in [2.05, 4.69) is 65.2 Å². The Bertz CT molecular complexity index is 1620. The Kier molecular flexibility index (Phi) is 9.77. The number of fused-ring (bicyclic) bond motifs is 7. The highest BCUT2D eigenvalue weighted by molar-refractivity contribution is 7.85. The maximum absolute atomic E-state index is 14.3. The lowest BCUT2D eigenvalue weighted by Gasteiger charge is -2.72. The molecule has 6 rings (SSSR count). The van der Waals surface area contributed by atoms with E-state index in [1.165, 1.54) is 31.3 Å². The fraction of sp³-hybridized carbons (Fsp3) is 0.756. The zero-order valence-corrected chi connectivity index (χ0v) is 32.3. The van der Waals surface area contributed by atoms with Crippen molar-refractivity contribution >= 4 is 27.6 Å². The molecule has 5 aliphatic rings. The Morgan fingerprint density at radius 2 is 1.56 bits per heavy atom. The van der Waals surface area contributed by atoms with Gasteiger partial charge >= 0.3 is 5.97 Å². The highest BCUT2D eigenvalue weighted by Gasteiger charge is 2.71. The summed E-state index contributed by atoms with van der Waals surface area (Å²) >= 11 is 0. The lowest BCUT2D eigenvalue weighted by Crippen LogP contribution is -2.66. The smallest absolute Gasteiger partial charge is 0.335 e. The minimum atomic E-state index is -4.01. The third-order valence-corrected chi connectivity index (χ3v) is 16.7. The summed E-state index contributed by atoms with van der Waals surface area (Å²) in [5, 5.41) is 15.8. The number of carbonyl (C=O) groups excluding carboxylic acids is 1. The van der Waals surface area contributed by atoms with E-state index >= 15 is 0 Å². The standard InChI is InChI=1S/C41H62N2O6S/c1-26(2)29-14-19-41(36(46)43-23-22-42-24-25-50(47,48)49)21-20-39(6)31(34(29)41)12-13-33-38(5)17-15-30(27-8-10-28(11-9-27)35(44)45)37(3,4)32(38)16-18-40(33,39)7/h8-11,15,26,29,31-34,42H,12-14,16-25H2,1-7H3,(H,43,46)(H,44,45)(H,47,48,49)/t29-,31+,32-,33+,34+,38-,39+,40+,41-/m0/s1. The average Bonchev–Trinajstić information content (AvgIpc) is 3.44. The second-order valence-electron chi connectivity index (χ2n) is 18.5. The number of aromatic carboxylic acids is 1. The molecule has 1 aromatic rings. The van der Waals surface area contributed by atoms with Crippen LogP contribution in [0, 0.1) is 62.6 Å². The highest BCUT2D eigenvalue weighted by atomic mass is 32.2. The summed E-state index contributed by atoms with van der Waals surface area (Å²) in [5.41, 5.74) is 2.92. The Balaban J connectivity index is 1.25. The number of hydrogen-bond acceptors (Lipinski definition) is 5. The number of carboxylic acid groups (broad SMARTS) is 1. The van der Waals surface area contributed by atoms with Crippen molar-refractivity contribution < 1.29 is 27.7 Å². The molecule has 5 aliphatic carbocycles. The van der Waals surface area contributed by atoms with E-state index in [1.807, 2.05) is 12.1 Å². The summed E-state index contributed by atoms with van der Waals surface area (Å²) in [5.74, 6) is 2.00. The van der Waals surface area contributed by atoms with Gasteiger partial charge in [0, 0.05) is 19.6 Å². The molecule has 8 nitrogen and oxygen atoms in total. The van der Waals surface area contributed by atoms with E-state index in [1.54, 1.807) is 12.1 Å². The molecule has 0 bridgehead atoms. The van der Waals surface area contributed by atoms with E-state index in [0.717, 1.165) is 37.7 Å². The number of amides is 1. The Morgan fingerprint density at radius 1 is 0.860 bits per heavy atom. The average molecular weight is 711 g/mol. The zero-order chi connectivity index (χ0) is 36.5. The van der Waals surface area contributed by atoms with Crippen LogP contribution in [-0.4, -0.2) is 55.3 Å². The van der Waals surface area contributed by atoms with Crippen LogP contribution in [0.25, 0.3) is 5.57 Å². The molecule has 0 spiro atoms. The third kappa shape index (κ3) is 5.89. The first-order valence-electron chi connectivity index (χ1n) is 19.3. The summed E-state index contributed by atoms with van der Waals surface area (Å²) in [6.07, 6.45) is 12.3. The second kappa shape index (κ2) is 13.0. The van der Waals surface area contributed by atoms with Crippen LogP contribution in [0.15, 0.2) is 30.3 Å². The van der Waals surface area contributed by atoms with Crippen molar-refractivity contribution in [2.45, 2.75) is 106 Å². The van der Waals surface area contributed by atoms with Gasteiger partial charge in [-0.2, -0.15) is 8.42 Å². The largest absolute Gasteiger partial charge is 0.478 e. The van der Waals surface area contributed by atoms with Gasteiger partial charge in [-0.25, -0.2) is 4.79 Å². The van der Waals surface area contributed by atoms with E-state index in [-0.39, 0.29) is 45.3 Å². The van der Waals surface area contributed by atoms with Gasteiger partial charge in [0.25, 0.3) is 10.1 Å². The molecule has 0 radical (unpaired) electrons. The maximum atomic E-state index is 14.3. The topological polar surface area (TPSA) is 133 Å². The Morgan fingerprint density at radius 3 is 2.20 bits per heavy atom. The van der Waals surface area contributed by atoms with Crippen LogP contribution in [0.1, 0.15) is 122 Å². The van der Waals surface area contributed by atoms with Gasteiger partial charge in [-0.15, -0.1) is 0 Å². The van der Waals surface area contributed by atoms with Gasteiger partial charge in [-0.05, 0) is 138 Å². The number of hydrogen-bond donors (Lipinski definition) is 4. The van der Waals surface area contributed by atoms with Crippen LogP contribution >= 0.6 is 0 Å². The minimum absolute atomic E-state index is 0.0357. The first kappa shape index (κ1) is 37.5.